The van der Waals surface area contributed by atoms with Crippen molar-refractivity contribution >= 4 is 5.69 Å². The van der Waals surface area contributed by atoms with Crippen molar-refractivity contribution in [1.82, 2.24) is 4.90 Å². The number of anilines is 1. The van der Waals surface area contributed by atoms with Crippen molar-refractivity contribution in [2.75, 3.05) is 18.9 Å². The van der Waals surface area contributed by atoms with E-state index in [1.807, 2.05) is 6.07 Å². The molecule has 1 aromatic rings. The van der Waals surface area contributed by atoms with Crippen molar-refractivity contribution in [3.05, 3.63) is 29.6 Å². The Morgan fingerprint density at radius 1 is 1.50 bits per heavy atom. The zero-order valence-corrected chi connectivity index (χ0v) is 10.8. The summed E-state index contributed by atoms with van der Waals surface area (Å²) in [5.74, 6) is -0.375. The Bertz CT molecular complexity index is 463. The summed E-state index contributed by atoms with van der Waals surface area (Å²) >= 11 is 0. The van der Waals surface area contributed by atoms with Crippen LogP contribution in [0.4, 0.5) is 10.1 Å². The van der Waals surface area contributed by atoms with Crippen molar-refractivity contribution in [2.45, 2.75) is 31.8 Å². The fraction of sp³-hybridized carbons (Fsp3) is 0.500. The molecule has 0 amide bonds. The number of nitriles is 1. The molecule has 1 aliphatic carbocycles. The number of halogens is 1. The van der Waals surface area contributed by atoms with Crippen LogP contribution in [0.25, 0.3) is 0 Å². The highest BCUT2D eigenvalue weighted by Gasteiger charge is 2.28. The fourth-order valence-corrected chi connectivity index (χ4v) is 2.01. The molecular weight excluding hydrogens is 229 g/mol. The van der Waals surface area contributed by atoms with Crippen molar-refractivity contribution in [3.8, 4) is 6.07 Å². The molecule has 0 radical (unpaired) electrons. The van der Waals surface area contributed by atoms with Gasteiger partial charge in [-0.15, -0.1) is 0 Å². The Morgan fingerprint density at radius 2 is 2.22 bits per heavy atom. The highest BCUT2D eigenvalue weighted by molar-refractivity contribution is 5.49. The molecule has 1 aromatic carbocycles. The van der Waals surface area contributed by atoms with E-state index in [-0.39, 0.29) is 5.82 Å². The van der Waals surface area contributed by atoms with Crippen LogP contribution < -0.4 is 5.32 Å². The van der Waals surface area contributed by atoms with E-state index in [0.29, 0.717) is 23.3 Å². The van der Waals surface area contributed by atoms with Crippen LogP contribution in [0.2, 0.25) is 0 Å². The Kier molecular flexibility index (Phi) is 3.83. The quantitative estimate of drug-likeness (QED) is 0.869. The van der Waals surface area contributed by atoms with Gasteiger partial charge in [0.2, 0.25) is 0 Å². The molecule has 0 spiro atoms. The summed E-state index contributed by atoms with van der Waals surface area (Å²) < 4.78 is 13.2. The lowest BCUT2D eigenvalue weighted by molar-refractivity contribution is 0.257. The van der Waals surface area contributed by atoms with Crippen molar-refractivity contribution in [3.63, 3.8) is 0 Å². The second kappa shape index (κ2) is 5.36. The predicted octanol–water partition coefficient (Wildman–Crippen LogP) is 2.59. The van der Waals surface area contributed by atoms with Gasteiger partial charge in [0.05, 0.1) is 11.6 Å². The molecule has 3 nitrogen and oxygen atoms in total. The maximum absolute atomic E-state index is 13.2. The Morgan fingerprint density at radius 3 is 2.83 bits per heavy atom. The molecule has 0 saturated heterocycles. The van der Waals surface area contributed by atoms with E-state index in [9.17, 15) is 4.39 Å². The monoisotopic (exact) mass is 247 g/mol. The molecule has 0 heterocycles. The number of rotatable bonds is 5. The molecule has 1 N–H and O–H groups in total. The number of likely N-dealkylation sites (N-methyl/N-ethyl adjacent to an activating group) is 1. The summed E-state index contributed by atoms with van der Waals surface area (Å²) in [4.78, 5) is 2.34. The molecule has 1 saturated carbocycles. The SMILES string of the molecule is CC(CNc1cc(F)cc(C#N)c1)N(C)C1CC1. The third-order valence-corrected chi connectivity index (χ3v) is 3.45. The number of benzene rings is 1. The minimum Gasteiger partial charge on any atom is -0.383 e. The molecule has 0 aliphatic heterocycles. The van der Waals surface area contributed by atoms with Crippen LogP contribution in [0, 0.1) is 17.1 Å². The van der Waals surface area contributed by atoms with Gasteiger partial charge < -0.3 is 5.32 Å². The minimum atomic E-state index is -0.375. The molecule has 2 rings (SSSR count). The third-order valence-electron chi connectivity index (χ3n) is 3.45. The van der Waals surface area contributed by atoms with Crippen LogP contribution in [0.3, 0.4) is 0 Å². The van der Waals surface area contributed by atoms with Gasteiger partial charge in [-0.2, -0.15) is 5.26 Å². The van der Waals surface area contributed by atoms with Gasteiger partial charge >= 0.3 is 0 Å². The van der Waals surface area contributed by atoms with Gasteiger partial charge in [0, 0.05) is 24.3 Å². The molecule has 1 unspecified atom stereocenters. The summed E-state index contributed by atoms with van der Waals surface area (Å²) in [7, 11) is 2.12. The maximum Gasteiger partial charge on any atom is 0.126 e. The van der Waals surface area contributed by atoms with Crippen LogP contribution in [-0.4, -0.2) is 30.6 Å². The van der Waals surface area contributed by atoms with Gasteiger partial charge in [0.1, 0.15) is 5.82 Å². The summed E-state index contributed by atoms with van der Waals surface area (Å²) in [6.45, 7) is 2.90. The maximum atomic E-state index is 13.2. The lowest BCUT2D eigenvalue weighted by Gasteiger charge is -2.25. The van der Waals surface area contributed by atoms with E-state index < -0.39 is 0 Å². The van der Waals surface area contributed by atoms with Crippen molar-refractivity contribution < 1.29 is 4.39 Å². The van der Waals surface area contributed by atoms with Crippen LogP contribution in [0.5, 0.6) is 0 Å². The van der Waals surface area contributed by atoms with Gasteiger partial charge in [-0.25, -0.2) is 4.39 Å². The van der Waals surface area contributed by atoms with Gasteiger partial charge in [-0.1, -0.05) is 0 Å². The lowest BCUT2D eigenvalue weighted by atomic mass is 10.2. The first-order valence-electron chi connectivity index (χ1n) is 6.26. The third kappa shape index (κ3) is 3.21. The first kappa shape index (κ1) is 12.8. The highest BCUT2D eigenvalue weighted by atomic mass is 19.1. The Labute approximate surface area is 107 Å². The summed E-state index contributed by atoms with van der Waals surface area (Å²) in [5.41, 5.74) is 1.02. The molecule has 0 bridgehead atoms. The van der Waals surface area contributed by atoms with Crippen molar-refractivity contribution in [2.24, 2.45) is 0 Å². The molecular formula is C14H18FN3. The lowest BCUT2D eigenvalue weighted by Crippen LogP contribution is -2.36. The highest BCUT2D eigenvalue weighted by Crippen LogP contribution is 2.27. The molecule has 1 atom stereocenters. The molecule has 1 fully saturated rings. The van der Waals surface area contributed by atoms with Crippen LogP contribution in [0.1, 0.15) is 25.3 Å². The van der Waals surface area contributed by atoms with Gasteiger partial charge in [-0.3, -0.25) is 4.90 Å². The summed E-state index contributed by atoms with van der Waals surface area (Å²) in [5, 5.41) is 12.0. The summed E-state index contributed by atoms with van der Waals surface area (Å²) in [6, 6.07) is 7.40. The summed E-state index contributed by atoms with van der Waals surface area (Å²) in [6.07, 6.45) is 2.55. The van der Waals surface area contributed by atoms with Gasteiger partial charge in [0.25, 0.3) is 0 Å². The Balaban J connectivity index is 1.93. The van der Waals surface area contributed by atoms with E-state index in [0.717, 1.165) is 6.54 Å². The largest absolute Gasteiger partial charge is 0.383 e. The molecule has 0 aromatic heterocycles. The zero-order chi connectivity index (χ0) is 13.1. The second-order valence-corrected chi connectivity index (χ2v) is 4.97. The Hall–Kier alpha value is -1.60. The number of hydrogen-bond donors (Lipinski definition) is 1. The fourth-order valence-electron chi connectivity index (χ4n) is 2.01. The van der Waals surface area contributed by atoms with Crippen LogP contribution in [-0.2, 0) is 0 Å². The second-order valence-electron chi connectivity index (χ2n) is 4.97. The van der Waals surface area contributed by atoms with E-state index in [2.05, 4.69) is 24.2 Å². The number of nitrogens with zero attached hydrogens (tertiary/aromatic N) is 2. The van der Waals surface area contributed by atoms with Gasteiger partial charge in [0.15, 0.2) is 0 Å². The first-order valence-corrected chi connectivity index (χ1v) is 6.26. The van der Waals surface area contributed by atoms with E-state index in [1.54, 1.807) is 6.07 Å². The van der Waals surface area contributed by atoms with E-state index in [1.165, 1.54) is 25.0 Å². The standard InChI is InChI=1S/C14H18FN3/c1-10(18(2)14-3-4-14)9-17-13-6-11(8-16)5-12(15)7-13/h5-7,10,14,17H,3-4,9H2,1-2H3. The zero-order valence-electron chi connectivity index (χ0n) is 10.8. The average molecular weight is 247 g/mol. The van der Waals surface area contributed by atoms with E-state index in [4.69, 9.17) is 5.26 Å². The average Bonchev–Trinajstić information content (AvgIpc) is 3.18. The smallest absolute Gasteiger partial charge is 0.126 e. The van der Waals surface area contributed by atoms with Crippen LogP contribution in [0.15, 0.2) is 18.2 Å². The molecule has 18 heavy (non-hydrogen) atoms. The van der Waals surface area contributed by atoms with Gasteiger partial charge in [-0.05, 0) is 45.0 Å². The number of hydrogen-bond acceptors (Lipinski definition) is 3. The number of nitrogens with one attached hydrogen (secondary N) is 1. The topological polar surface area (TPSA) is 39.1 Å². The van der Waals surface area contributed by atoms with Crippen LogP contribution >= 0.6 is 0 Å². The first-order chi connectivity index (χ1) is 8.60. The van der Waals surface area contributed by atoms with E-state index >= 15 is 0 Å². The van der Waals surface area contributed by atoms with Crippen molar-refractivity contribution in [1.29, 1.82) is 5.26 Å². The molecule has 96 valence electrons. The molecule has 1 aliphatic rings. The molecule has 4 heteroatoms. The normalized spacial score (nSPS) is 16.4. The predicted molar refractivity (Wildman–Crippen MR) is 69.9 cm³/mol. The minimum absolute atomic E-state index is 0.348.